The molecular weight excluding hydrogens is 402 g/mol. The average molecular weight is 430 g/mol. The Morgan fingerprint density at radius 2 is 1.60 bits per heavy atom. The van der Waals surface area contributed by atoms with Gasteiger partial charge in [-0.1, -0.05) is 36.8 Å². The summed E-state index contributed by atoms with van der Waals surface area (Å²) >= 11 is 0. The number of sulfonamides is 1. The molecule has 2 aromatic rings. The quantitative estimate of drug-likeness (QED) is 0.707. The van der Waals surface area contributed by atoms with Crippen LogP contribution in [0.5, 0.6) is 0 Å². The molecule has 0 aromatic heterocycles. The highest BCUT2D eigenvalue weighted by Gasteiger charge is 2.25. The van der Waals surface area contributed by atoms with Gasteiger partial charge in [-0.15, -0.1) is 0 Å². The van der Waals surface area contributed by atoms with Crippen molar-refractivity contribution in [1.82, 2.24) is 9.62 Å². The van der Waals surface area contributed by atoms with Crippen LogP contribution in [0.25, 0.3) is 0 Å². The van der Waals surface area contributed by atoms with Gasteiger partial charge in [-0.25, -0.2) is 8.42 Å². The zero-order valence-corrected chi connectivity index (χ0v) is 17.8. The van der Waals surface area contributed by atoms with Crippen molar-refractivity contribution in [3.05, 3.63) is 60.2 Å². The van der Waals surface area contributed by atoms with Crippen molar-refractivity contribution in [2.45, 2.75) is 43.5 Å². The molecule has 2 aromatic carbocycles. The van der Waals surface area contributed by atoms with Crippen molar-refractivity contribution < 1.29 is 18.0 Å². The van der Waals surface area contributed by atoms with E-state index in [1.165, 1.54) is 23.4 Å². The molecule has 1 saturated heterocycles. The minimum absolute atomic E-state index is 0.0669. The second kappa shape index (κ2) is 9.86. The Bertz CT molecular complexity index is 969. The zero-order chi connectivity index (χ0) is 21.6. The number of rotatable bonds is 7. The molecule has 0 aliphatic carbocycles. The molecule has 1 heterocycles. The topological polar surface area (TPSA) is 95.6 Å². The summed E-state index contributed by atoms with van der Waals surface area (Å²) < 4.78 is 27.0. The lowest BCUT2D eigenvalue weighted by molar-refractivity contribution is -0.120. The standard InChI is InChI=1S/C22H27N3O4S/c1-17(26)23-21(18-8-4-2-5-9-18)16-22(27)24-19-10-12-20(13-11-19)30(28,29)25-14-6-3-7-15-25/h2,4-5,8-13,21H,3,6-7,14-16H2,1H3,(H,23,26)(H,24,27)/t21-/m0/s1. The van der Waals surface area contributed by atoms with Gasteiger partial charge in [0.2, 0.25) is 21.8 Å². The number of carbonyl (C=O) groups is 2. The largest absolute Gasteiger partial charge is 0.349 e. The van der Waals surface area contributed by atoms with Crippen molar-refractivity contribution in [3.63, 3.8) is 0 Å². The molecule has 30 heavy (non-hydrogen) atoms. The highest BCUT2D eigenvalue weighted by Crippen LogP contribution is 2.23. The number of nitrogens with one attached hydrogen (secondary N) is 2. The average Bonchev–Trinajstić information content (AvgIpc) is 2.74. The molecule has 160 valence electrons. The second-order valence-electron chi connectivity index (χ2n) is 7.41. The molecule has 7 nitrogen and oxygen atoms in total. The van der Waals surface area contributed by atoms with E-state index in [2.05, 4.69) is 10.6 Å². The molecule has 0 radical (unpaired) electrons. The van der Waals surface area contributed by atoms with Gasteiger partial charge in [0.05, 0.1) is 17.4 Å². The predicted octanol–water partition coefficient (Wildman–Crippen LogP) is 3.07. The van der Waals surface area contributed by atoms with Gasteiger partial charge in [-0.2, -0.15) is 4.31 Å². The molecule has 2 N–H and O–H groups in total. The second-order valence-corrected chi connectivity index (χ2v) is 9.34. The number of piperidine rings is 1. The molecule has 0 bridgehead atoms. The maximum absolute atomic E-state index is 12.7. The first-order valence-electron chi connectivity index (χ1n) is 10.1. The van der Waals surface area contributed by atoms with E-state index < -0.39 is 16.1 Å². The Morgan fingerprint density at radius 3 is 2.20 bits per heavy atom. The molecule has 1 aliphatic heterocycles. The van der Waals surface area contributed by atoms with Gasteiger partial charge in [-0.3, -0.25) is 9.59 Å². The van der Waals surface area contributed by atoms with Crippen LogP contribution < -0.4 is 10.6 Å². The third-order valence-electron chi connectivity index (χ3n) is 5.06. The molecule has 8 heteroatoms. The van der Waals surface area contributed by atoms with Crippen LogP contribution in [0.4, 0.5) is 5.69 Å². The molecule has 1 fully saturated rings. The third kappa shape index (κ3) is 5.67. The van der Waals surface area contributed by atoms with Crippen molar-refractivity contribution in [2.24, 2.45) is 0 Å². The van der Waals surface area contributed by atoms with Crippen LogP contribution in [0.15, 0.2) is 59.5 Å². The van der Waals surface area contributed by atoms with Crippen LogP contribution in [0.1, 0.15) is 44.2 Å². The number of hydrogen-bond donors (Lipinski definition) is 2. The van der Waals surface area contributed by atoms with E-state index in [0.717, 1.165) is 24.8 Å². The Hall–Kier alpha value is -2.71. The first kappa shape index (κ1) is 22.0. The Balaban J connectivity index is 1.65. The van der Waals surface area contributed by atoms with E-state index >= 15 is 0 Å². The number of benzene rings is 2. The zero-order valence-electron chi connectivity index (χ0n) is 17.0. The lowest BCUT2D eigenvalue weighted by Crippen LogP contribution is -2.35. The van der Waals surface area contributed by atoms with Crippen LogP contribution in [0.3, 0.4) is 0 Å². The highest BCUT2D eigenvalue weighted by molar-refractivity contribution is 7.89. The first-order chi connectivity index (χ1) is 14.4. The van der Waals surface area contributed by atoms with Crippen LogP contribution >= 0.6 is 0 Å². The fraction of sp³-hybridized carbons (Fsp3) is 0.364. The Morgan fingerprint density at radius 1 is 0.967 bits per heavy atom. The van der Waals surface area contributed by atoms with E-state index in [1.54, 1.807) is 12.1 Å². The van der Waals surface area contributed by atoms with Crippen LogP contribution in [-0.4, -0.2) is 37.6 Å². The van der Waals surface area contributed by atoms with Gasteiger partial charge in [0, 0.05) is 25.7 Å². The number of anilines is 1. The lowest BCUT2D eigenvalue weighted by atomic mass is 10.0. The maximum Gasteiger partial charge on any atom is 0.243 e. The van der Waals surface area contributed by atoms with Gasteiger partial charge in [0.15, 0.2) is 0 Å². The minimum atomic E-state index is -3.50. The third-order valence-corrected chi connectivity index (χ3v) is 6.97. The van der Waals surface area contributed by atoms with E-state index in [0.29, 0.717) is 18.8 Å². The van der Waals surface area contributed by atoms with Gasteiger partial charge >= 0.3 is 0 Å². The summed E-state index contributed by atoms with van der Waals surface area (Å²) in [6.45, 7) is 2.50. The van der Waals surface area contributed by atoms with Gasteiger partial charge in [0.1, 0.15) is 0 Å². The van der Waals surface area contributed by atoms with E-state index in [1.807, 2.05) is 30.3 Å². The maximum atomic E-state index is 12.7. The lowest BCUT2D eigenvalue weighted by Gasteiger charge is -2.25. The van der Waals surface area contributed by atoms with Gasteiger partial charge in [0.25, 0.3) is 0 Å². The summed E-state index contributed by atoms with van der Waals surface area (Å²) in [5.41, 5.74) is 1.35. The summed E-state index contributed by atoms with van der Waals surface area (Å²) in [7, 11) is -3.50. The number of amides is 2. The molecule has 0 spiro atoms. The summed E-state index contributed by atoms with van der Waals surface area (Å²) in [5, 5.41) is 5.57. The van der Waals surface area contributed by atoms with Crippen LogP contribution in [0.2, 0.25) is 0 Å². The Labute approximate surface area is 177 Å². The van der Waals surface area contributed by atoms with Crippen molar-refractivity contribution >= 4 is 27.5 Å². The minimum Gasteiger partial charge on any atom is -0.349 e. The van der Waals surface area contributed by atoms with E-state index in [4.69, 9.17) is 0 Å². The van der Waals surface area contributed by atoms with Crippen molar-refractivity contribution in [2.75, 3.05) is 18.4 Å². The number of hydrogen-bond acceptors (Lipinski definition) is 4. The predicted molar refractivity (Wildman–Crippen MR) is 115 cm³/mol. The normalized spacial score (nSPS) is 15.9. The molecule has 1 atom stereocenters. The first-order valence-corrected chi connectivity index (χ1v) is 11.5. The molecule has 3 rings (SSSR count). The monoisotopic (exact) mass is 429 g/mol. The summed E-state index contributed by atoms with van der Waals surface area (Å²) in [6.07, 6.45) is 2.88. The molecule has 0 unspecified atom stereocenters. The number of nitrogens with zero attached hydrogens (tertiary/aromatic N) is 1. The van der Waals surface area contributed by atoms with E-state index in [9.17, 15) is 18.0 Å². The molecule has 2 amide bonds. The molecule has 1 aliphatic rings. The summed E-state index contributed by atoms with van der Waals surface area (Å²) in [4.78, 5) is 24.3. The smallest absolute Gasteiger partial charge is 0.243 e. The number of carbonyl (C=O) groups excluding carboxylic acids is 2. The Kier molecular flexibility index (Phi) is 7.23. The molecular formula is C22H27N3O4S. The SMILES string of the molecule is CC(=O)N[C@@H](CC(=O)Nc1ccc(S(=O)(=O)N2CCCCC2)cc1)c1ccccc1. The van der Waals surface area contributed by atoms with Crippen LogP contribution in [0, 0.1) is 0 Å². The van der Waals surface area contributed by atoms with E-state index in [-0.39, 0.29) is 23.1 Å². The summed E-state index contributed by atoms with van der Waals surface area (Å²) in [5.74, 6) is -0.492. The van der Waals surface area contributed by atoms with Crippen molar-refractivity contribution in [3.8, 4) is 0 Å². The highest BCUT2D eigenvalue weighted by atomic mass is 32.2. The molecule has 0 saturated carbocycles. The van der Waals surface area contributed by atoms with Gasteiger partial charge < -0.3 is 10.6 Å². The van der Waals surface area contributed by atoms with Crippen LogP contribution in [-0.2, 0) is 19.6 Å². The fourth-order valence-electron chi connectivity index (χ4n) is 3.54. The van der Waals surface area contributed by atoms with Crippen molar-refractivity contribution in [1.29, 1.82) is 0 Å². The fourth-order valence-corrected chi connectivity index (χ4v) is 5.06. The van der Waals surface area contributed by atoms with Gasteiger partial charge in [-0.05, 0) is 42.7 Å². The summed E-state index contributed by atoms with van der Waals surface area (Å²) in [6, 6.07) is 15.0.